The number of hydrogen-bond donors (Lipinski definition) is 1. The van der Waals surface area contributed by atoms with Gasteiger partial charge in [-0.2, -0.15) is 10.2 Å². The summed E-state index contributed by atoms with van der Waals surface area (Å²) >= 11 is 3.55. The number of rotatable bonds is 6. The topological polar surface area (TPSA) is 64.7 Å². The van der Waals surface area contributed by atoms with Crippen LogP contribution in [0, 0.1) is 13.8 Å². The molecule has 2 heterocycles. The Morgan fingerprint density at radius 3 is 2.67 bits per heavy atom. The summed E-state index contributed by atoms with van der Waals surface area (Å²) in [7, 11) is 0. The van der Waals surface area contributed by atoms with E-state index < -0.39 is 0 Å². The molecule has 0 spiro atoms. The molecule has 0 aliphatic heterocycles. The first-order chi connectivity index (χ1) is 12.9. The number of carbonyl (C=O) groups excluding carboxylic acids is 1. The molecule has 6 nitrogen and oxygen atoms in total. The van der Waals surface area contributed by atoms with Crippen LogP contribution in [0.5, 0.6) is 0 Å². The van der Waals surface area contributed by atoms with Gasteiger partial charge in [0.25, 0.3) is 5.91 Å². The smallest absolute Gasteiger partial charge is 0.251 e. The zero-order chi connectivity index (χ0) is 19.6. The molecule has 3 rings (SSSR count). The second-order valence-electron chi connectivity index (χ2n) is 6.63. The predicted molar refractivity (Wildman–Crippen MR) is 109 cm³/mol. The van der Waals surface area contributed by atoms with E-state index >= 15 is 0 Å². The standard InChI is InChI=1S/C20H24BrN5O/c1-5-25-10-9-18(24-25)13(2)22-20(27)17-8-6-7-16(11-17)12-26-15(4)19(21)14(3)23-26/h6-11,13H,5,12H2,1-4H3,(H,22,27). The fourth-order valence-electron chi connectivity index (χ4n) is 2.95. The van der Waals surface area contributed by atoms with E-state index in [1.54, 1.807) is 0 Å². The van der Waals surface area contributed by atoms with Crippen molar-refractivity contribution in [2.24, 2.45) is 0 Å². The molecule has 27 heavy (non-hydrogen) atoms. The molecule has 142 valence electrons. The molecule has 0 aliphatic carbocycles. The molecule has 1 N–H and O–H groups in total. The van der Waals surface area contributed by atoms with E-state index in [9.17, 15) is 4.79 Å². The predicted octanol–water partition coefficient (Wildman–Crippen LogP) is 4.02. The normalized spacial score (nSPS) is 12.2. The molecule has 7 heteroatoms. The van der Waals surface area contributed by atoms with Gasteiger partial charge in [0.2, 0.25) is 0 Å². The average Bonchev–Trinajstić information content (AvgIpc) is 3.23. The Kier molecular flexibility index (Phi) is 5.79. The summed E-state index contributed by atoms with van der Waals surface area (Å²) in [5, 5.41) is 12.0. The zero-order valence-electron chi connectivity index (χ0n) is 16.0. The van der Waals surface area contributed by atoms with E-state index in [0.29, 0.717) is 12.1 Å². The van der Waals surface area contributed by atoms with Gasteiger partial charge in [0, 0.05) is 18.3 Å². The van der Waals surface area contributed by atoms with Crippen molar-refractivity contribution in [3.63, 3.8) is 0 Å². The minimum atomic E-state index is -0.152. The third-order valence-corrected chi connectivity index (χ3v) is 5.74. The number of benzene rings is 1. The summed E-state index contributed by atoms with van der Waals surface area (Å²) < 4.78 is 4.82. The van der Waals surface area contributed by atoms with Crippen molar-refractivity contribution < 1.29 is 4.79 Å². The molecule has 0 bridgehead atoms. The number of nitrogens with zero attached hydrogens (tertiary/aromatic N) is 4. The number of hydrogen-bond acceptors (Lipinski definition) is 3. The van der Waals surface area contributed by atoms with Gasteiger partial charge >= 0.3 is 0 Å². The van der Waals surface area contributed by atoms with Crippen molar-refractivity contribution in [3.05, 3.63) is 69.2 Å². The van der Waals surface area contributed by atoms with Crippen molar-refractivity contribution in [3.8, 4) is 0 Å². The third kappa shape index (κ3) is 4.30. The van der Waals surface area contributed by atoms with E-state index in [0.717, 1.165) is 33.7 Å². The van der Waals surface area contributed by atoms with Gasteiger partial charge in [0.15, 0.2) is 0 Å². The highest BCUT2D eigenvalue weighted by Gasteiger charge is 2.15. The van der Waals surface area contributed by atoms with E-state index in [4.69, 9.17) is 0 Å². The van der Waals surface area contributed by atoms with Crippen molar-refractivity contribution in [2.75, 3.05) is 0 Å². The van der Waals surface area contributed by atoms with Crippen LogP contribution in [0.2, 0.25) is 0 Å². The SMILES string of the molecule is CCn1ccc(C(C)NC(=O)c2cccc(Cn3nc(C)c(Br)c3C)c2)n1. The van der Waals surface area contributed by atoms with Gasteiger partial charge < -0.3 is 5.32 Å². The van der Waals surface area contributed by atoms with Crippen molar-refractivity contribution in [2.45, 2.75) is 46.8 Å². The Morgan fingerprint density at radius 1 is 1.26 bits per heavy atom. The molecule has 1 amide bonds. The van der Waals surface area contributed by atoms with Crippen LogP contribution in [0.15, 0.2) is 41.0 Å². The molecular weight excluding hydrogens is 406 g/mol. The molecule has 0 fully saturated rings. The molecule has 0 saturated heterocycles. The molecule has 1 atom stereocenters. The van der Waals surface area contributed by atoms with Crippen LogP contribution in [-0.2, 0) is 13.1 Å². The van der Waals surface area contributed by atoms with E-state index in [1.807, 2.05) is 73.6 Å². The lowest BCUT2D eigenvalue weighted by molar-refractivity contribution is 0.0939. The number of nitrogens with one attached hydrogen (secondary N) is 1. The quantitative estimate of drug-likeness (QED) is 0.643. The minimum Gasteiger partial charge on any atom is -0.344 e. The lowest BCUT2D eigenvalue weighted by Crippen LogP contribution is -2.27. The number of carbonyl (C=O) groups is 1. The monoisotopic (exact) mass is 429 g/mol. The Labute approximate surface area is 167 Å². The molecule has 1 aromatic carbocycles. The van der Waals surface area contributed by atoms with Gasteiger partial charge in [0.1, 0.15) is 0 Å². The van der Waals surface area contributed by atoms with Crippen LogP contribution in [-0.4, -0.2) is 25.5 Å². The number of amides is 1. The van der Waals surface area contributed by atoms with Crippen LogP contribution in [0.3, 0.4) is 0 Å². The third-order valence-electron chi connectivity index (χ3n) is 4.59. The fourth-order valence-corrected chi connectivity index (χ4v) is 3.24. The van der Waals surface area contributed by atoms with Crippen molar-refractivity contribution in [1.29, 1.82) is 0 Å². The zero-order valence-corrected chi connectivity index (χ0v) is 17.6. The number of aryl methyl sites for hydroxylation is 2. The van der Waals surface area contributed by atoms with Crippen molar-refractivity contribution >= 4 is 21.8 Å². The van der Waals surface area contributed by atoms with E-state index in [-0.39, 0.29) is 11.9 Å². The lowest BCUT2D eigenvalue weighted by Gasteiger charge is -2.12. The van der Waals surface area contributed by atoms with Gasteiger partial charge in [-0.15, -0.1) is 0 Å². The van der Waals surface area contributed by atoms with Crippen LogP contribution in [0.1, 0.15) is 52.9 Å². The fraction of sp³-hybridized carbons (Fsp3) is 0.350. The van der Waals surface area contributed by atoms with E-state index in [1.165, 1.54) is 0 Å². The lowest BCUT2D eigenvalue weighted by atomic mass is 10.1. The Morgan fingerprint density at radius 2 is 2.04 bits per heavy atom. The average molecular weight is 430 g/mol. The van der Waals surface area contributed by atoms with Gasteiger partial charge in [0.05, 0.1) is 34.1 Å². The summed E-state index contributed by atoms with van der Waals surface area (Å²) in [6.07, 6.45) is 1.92. The van der Waals surface area contributed by atoms with E-state index in [2.05, 4.69) is 31.4 Å². The first kappa shape index (κ1) is 19.4. The largest absolute Gasteiger partial charge is 0.344 e. The molecule has 2 aromatic heterocycles. The second kappa shape index (κ2) is 8.08. The Hall–Kier alpha value is -2.41. The van der Waals surface area contributed by atoms with Gasteiger partial charge in [-0.3, -0.25) is 14.2 Å². The summed E-state index contributed by atoms with van der Waals surface area (Å²) in [5.41, 5.74) is 4.55. The van der Waals surface area contributed by atoms with Crippen LogP contribution in [0.25, 0.3) is 0 Å². The highest BCUT2D eigenvalue weighted by Crippen LogP contribution is 2.21. The molecule has 0 radical (unpaired) electrons. The molecule has 0 aliphatic rings. The summed E-state index contributed by atoms with van der Waals surface area (Å²) in [6.45, 7) is 9.40. The summed E-state index contributed by atoms with van der Waals surface area (Å²) in [4.78, 5) is 12.7. The van der Waals surface area contributed by atoms with Gasteiger partial charge in [-0.05, 0) is 67.4 Å². The highest BCUT2D eigenvalue weighted by molar-refractivity contribution is 9.10. The molecular formula is C20H24BrN5O. The summed E-state index contributed by atoms with van der Waals surface area (Å²) in [6, 6.07) is 9.44. The first-order valence-electron chi connectivity index (χ1n) is 9.01. The highest BCUT2D eigenvalue weighted by atomic mass is 79.9. The van der Waals surface area contributed by atoms with Gasteiger partial charge in [-0.25, -0.2) is 0 Å². The minimum absolute atomic E-state index is 0.107. The van der Waals surface area contributed by atoms with Crippen LogP contribution in [0.4, 0.5) is 0 Å². The van der Waals surface area contributed by atoms with Crippen LogP contribution < -0.4 is 5.32 Å². The Balaban J connectivity index is 1.72. The van der Waals surface area contributed by atoms with Gasteiger partial charge in [-0.1, -0.05) is 12.1 Å². The Bertz CT molecular complexity index is 959. The molecule has 0 saturated carbocycles. The molecule has 3 aromatic rings. The number of aromatic nitrogens is 4. The maximum Gasteiger partial charge on any atom is 0.251 e. The maximum atomic E-state index is 12.7. The number of halogens is 1. The first-order valence-corrected chi connectivity index (χ1v) is 9.81. The van der Waals surface area contributed by atoms with Crippen molar-refractivity contribution in [1.82, 2.24) is 24.9 Å². The summed E-state index contributed by atoms with van der Waals surface area (Å²) in [5.74, 6) is -0.107. The molecule has 1 unspecified atom stereocenters. The maximum absolute atomic E-state index is 12.7. The van der Waals surface area contributed by atoms with Crippen LogP contribution >= 0.6 is 15.9 Å². The second-order valence-corrected chi connectivity index (χ2v) is 7.43.